The van der Waals surface area contributed by atoms with Crippen molar-refractivity contribution in [3.05, 3.63) is 60.2 Å². The van der Waals surface area contributed by atoms with Gasteiger partial charge in [0.2, 0.25) is 0 Å². The number of esters is 1. The Morgan fingerprint density at radius 2 is 1.82 bits per heavy atom. The highest BCUT2D eigenvalue weighted by Crippen LogP contribution is 2.24. The third kappa shape index (κ3) is 6.19. The van der Waals surface area contributed by atoms with Crippen molar-refractivity contribution in [1.29, 1.82) is 0 Å². The van der Waals surface area contributed by atoms with Crippen molar-refractivity contribution < 1.29 is 14.6 Å². The van der Waals surface area contributed by atoms with Crippen LogP contribution in [0.15, 0.2) is 54.6 Å². The molecule has 2 aromatic carbocycles. The summed E-state index contributed by atoms with van der Waals surface area (Å²) in [6, 6.07) is 18.2. The van der Waals surface area contributed by atoms with Gasteiger partial charge in [-0.05, 0) is 42.9 Å². The van der Waals surface area contributed by atoms with E-state index >= 15 is 0 Å². The summed E-state index contributed by atoms with van der Waals surface area (Å²) in [6.45, 7) is 5.22. The number of hydrogen-bond acceptors (Lipinski definition) is 5. The van der Waals surface area contributed by atoms with Crippen LogP contribution in [-0.2, 0) is 16.0 Å². The predicted octanol–water partition coefficient (Wildman–Crippen LogP) is 2.60. The molecule has 0 atom stereocenters. The zero-order valence-corrected chi connectivity index (χ0v) is 16.5. The fourth-order valence-corrected chi connectivity index (χ4v) is 3.64. The molecular formula is C22H29BN2O3. The zero-order chi connectivity index (χ0) is 19.8. The van der Waals surface area contributed by atoms with E-state index in [-0.39, 0.29) is 12.1 Å². The van der Waals surface area contributed by atoms with Gasteiger partial charge in [0.25, 0.3) is 0 Å². The first-order chi connectivity index (χ1) is 13.6. The van der Waals surface area contributed by atoms with Gasteiger partial charge in [-0.15, -0.1) is 0 Å². The topological polar surface area (TPSA) is 61.8 Å². The molecule has 1 aliphatic rings. The van der Waals surface area contributed by atoms with E-state index in [1.807, 2.05) is 36.4 Å². The van der Waals surface area contributed by atoms with E-state index in [0.717, 1.165) is 55.7 Å². The predicted molar refractivity (Wildman–Crippen MR) is 113 cm³/mol. The van der Waals surface area contributed by atoms with Gasteiger partial charge in [-0.25, -0.2) is 0 Å². The maximum absolute atomic E-state index is 12.5. The highest BCUT2D eigenvalue weighted by atomic mass is 16.5. The smallest absolute Gasteiger partial charge is 0.373 e. The fraction of sp³-hybridized carbons (Fsp3) is 0.409. The average molecular weight is 380 g/mol. The first kappa shape index (κ1) is 20.6. The molecule has 0 amide bonds. The minimum absolute atomic E-state index is 0.00244. The third-order valence-electron chi connectivity index (χ3n) is 5.14. The van der Waals surface area contributed by atoms with Gasteiger partial charge in [-0.2, -0.15) is 0 Å². The Morgan fingerprint density at radius 1 is 1.14 bits per heavy atom. The second kappa shape index (κ2) is 10.4. The van der Waals surface area contributed by atoms with E-state index in [2.05, 4.69) is 28.3 Å². The van der Waals surface area contributed by atoms with Gasteiger partial charge in [0.05, 0.1) is 6.42 Å². The number of carbonyl (C=O) groups excluding carboxylic acids is 1. The van der Waals surface area contributed by atoms with Crippen molar-refractivity contribution in [2.45, 2.75) is 32.2 Å². The van der Waals surface area contributed by atoms with Crippen LogP contribution in [0.3, 0.4) is 0 Å². The lowest BCUT2D eigenvalue weighted by Gasteiger charge is -2.31. The number of ether oxygens (including phenoxy) is 1. The average Bonchev–Trinajstić information content (AvgIpc) is 2.70. The van der Waals surface area contributed by atoms with E-state index in [1.54, 1.807) is 6.82 Å². The molecule has 0 unspecified atom stereocenters. The lowest BCUT2D eigenvalue weighted by molar-refractivity contribution is -0.150. The number of piperidine rings is 1. The lowest BCUT2D eigenvalue weighted by atomic mass is 9.89. The first-order valence-electron chi connectivity index (χ1n) is 10.1. The maximum Gasteiger partial charge on any atom is 0.373 e. The molecule has 1 fully saturated rings. The molecule has 2 N–H and O–H groups in total. The largest absolute Gasteiger partial charge is 0.462 e. The Bertz CT molecular complexity index is 746. The van der Waals surface area contributed by atoms with Crippen LogP contribution in [0.5, 0.6) is 0 Å². The molecule has 28 heavy (non-hydrogen) atoms. The number of rotatable bonds is 8. The highest BCUT2D eigenvalue weighted by Gasteiger charge is 2.22. The van der Waals surface area contributed by atoms with Gasteiger partial charge in [0.15, 0.2) is 0 Å². The Hall–Kier alpha value is -2.15. The number of benzene rings is 2. The molecule has 3 rings (SSSR count). The number of nitrogens with zero attached hydrogens (tertiary/aromatic N) is 1. The van der Waals surface area contributed by atoms with E-state index in [4.69, 9.17) is 4.74 Å². The molecule has 0 saturated carbocycles. The maximum atomic E-state index is 12.5. The Balaban J connectivity index is 1.48. The van der Waals surface area contributed by atoms with Crippen molar-refractivity contribution in [2.75, 3.05) is 26.2 Å². The third-order valence-corrected chi connectivity index (χ3v) is 5.14. The normalized spacial score (nSPS) is 15.4. The summed E-state index contributed by atoms with van der Waals surface area (Å²) in [5, 5.41) is 12.3. The lowest BCUT2D eigenvalue weighted by Crippen LogP contribution is -2.43. The molecule has 0 aliphatic carbocycles. The summed E-state index contributed by atoms with van der Waals surface area (Å²) in [6.07, 6.45) is 2.02. The standard InChI is InChI=1S/C22H29BN2O3/c1-23(27)24-13-16-25-14-11-20(12-15-25)28-22(26)17-19-9-5-6-10-21(19)18-7-3-2-4-8-18/h2-10,20,24,27H,11-17H2,1H3. The minimum atomic E-state index is -0.475. The van der Waals surface area contributed by atoms with Crippen molar-refractivity contribution in [2.24, 2.45) is 0 Å². The monoisotopic (exact) mass is 380 g/mol. The Labute approximate surface area is 167 Å². The van der Waals surface area contributed by atoms with E-state index in [9.17, 15) is 9.82 Å². The molecular weight excluding hydrogens is 351 g/mol. The molecule has 0 radical (unpaired) electrons. The van der Waals surface area contributed by atoms with Gasteiger partial charge in [-0.3, -0.25) is 4.79 Å². The van der Waals surface area contributed by atoms with Crippen LogP contribution in [0.4, 0.5) is 0 Å². The van der Waals surface area contributed by atoms with E-state index < -0.39 is 7.05 Å². The van der Waals surface area contributed by atoms with E-state index in [1.165, 1.54) is 0 Å². The molecule has 1 saturated heterocycles. The van der Waals surface area contributed by atoms with Gasteiger partial charge in [0.1, 0.15) is 6.10 Å². The molecule has 6 heteroatoms. The second-order valence-electron chi connectivity index (χ2n) is 7.36. The summed E-state index contributed by atoms with van der Waals surface area (Å²) < 4.78 is 5.76. The summed E-state index contributed by atoms with van der Waals surface area (Å²) >= 11 is 0. The Kier molecular flexibility index (Phi) is 7.66. The molecule has 1 aliphatic heterocycles. The minimum Gasteiger partial charge on any atom is -0.462 e. The molecule has 5 nitrogen and oxygen atoms in total. The highest BCUT2D eigenvalue weighted by molar-refractivity contribution is 6.45. The molecule has 0 aromatic heterocycles. The zero-order valence-electron chi connectivity index (χ0n) is 16.5. The van der Waals surface area contributed by atoms with Crippen molar-refractivity contribution in [3.8, 4) is 11.1 Å². The molecule has 0 spiro atoms. The number of hydrogen-bond donors (Lipinski definition) is 2. The van der Waals surface area contributed by atoms with Gasteiger partial charge >= 0.3 is 13.0 Å². The SMILES string of the molecule is CB(O)NCCN1CCC(OC(=O)Cc2ccccc2-c2ccccc2)CC1. The quantitative estimate of drug-likeness (QED) is 0.545. The van der Waals surface area contributed by atoms with Crippen LogP contribution in [0.1, 0.15) is 18.4 Å². The molecule has 1 heterocycles. The van der Waals surface area contributed by atoms with Crippen LogP contribution < -0.4 is 5.23 Å². The number of nitrogens with one attached hydrogen (secondary N) is 1. The Morgan fingerprint density at radius 3 is 2.54 bits per heavy atom. The first-order valence-corrected chi connectivity index (χ1v) is 10.1. The second-order valence-corrected chi connectivity index (χ2v) is 7.36. The summed E-state index contributed by atoms with van der Waals surface area (Å²) in [5.41, 5.74) is 3.20. The van der Waals surface area contributed by atoms with Gasteiger partial charge in [-0.1, -0.05) is 54.6 Å². The molecule has 0 bridgehead atoms. The van der Waals surface area contributed by atoms with Crippen LogP contribution in [-0.4, -0.2) is 55.2 Å². The van der Waals surface area contributed by atoms with Gasteiger partial charge in [0, 0.05) is 19.6 Å². The van der Waals surface area contributed by atoms with Crippen LogP contribution in [0, 0.1) is 0 Å². The molecule has 2 aromatic rings. The summed E-state index contributed by atoms with van der Waals surface area (Å²) in [7, 11) is -0.475. The van der Waals surface area contributed by atoms with Crippen LogP contribution in [0.2, 0.25) is 6.82 Å². The molecule has 148 valence electrons. The van der Waals surface area contributed by atoms with Crippen LogP contribution in [0.25, 0.3) is 11.1 Å². The van der Waals surface area contributed by atoms with Crippen LogP contribution >= 0.6 is 0 Å². The van der Waals surface area contributed by atoms with E-state index in [0.29, 0.717) is 6.42 Å². The van der Waals surface area contributed by atoms with Crippen molar-refractivity contribution in [1.82, 2.24) is 10.1 Å². The van der Waals surface area contributed by atoms with Crippen molar-refractivity contribution >= 4 is 13.0 Å². The fourth-order valence-electron chi connectivity index (χ4n) is 3.64. The van der Waals surface area contributed by atoms with Crippen molar-refractivity contribution in [3.63, 3.8) is 0 Å². The van der Waals surface area contributed by atoms with Gasteiger partial charge < -0.3 is 19.9 Å². The summed E-state index contributed by atoms with van der Waals surface area (Å²) in [5.74, 6) is -0.155. The number of carbonyl (C=O) groups is 1. The number of likely N-dealkylation sites (tertiary alicyclic amines) is 1. The summed E-state index contributed by atoms with van der Waals surface area (Å²) in [4.78, 5) is 14.9.